The highest BCUT2D eigenvalue weighted by molar-refractivity contribution is 6.03. The first kappa shape index (κ1) is 19.0. The quantitative estimate of drug-likeness (QED) is 0.746. The predicted octanol–water partition coefficient (Wildman–Crippen LogP) is 1.90. The van der Waals surface area contributed by atoms with Crippen LogP contribution in [0.3, 0.4) is 0 Å². The van der Waals surface area contributed by atoms with E-state index in [1.165, 1.54) is 0 Å². The van der Waals surface area contributed by atoms with Crippen molar-refractivity contribution in [2.24, 2.45) is 0 Å². The summed E-state index contributed by atoms with van der Waals surface area (Å²) in [6.45, 7) is 7.58. The lowest BCUT2D eigenvalue weighted by atomic mass is 10.1. The fourth-order valence-corrected chi connectivity index (χ4v) is 3.19. The van der Waals surface area contributed by atoms with Crippen molar-refractivity contribution in [2.75, 3.05) is 18.4 Å². The first-order chi connectivity index (χ1) is 13.0. The molecule has 0 bridgehead atoms. The standard InChI is InChI=1S/C19H26N6O2/c1-12(2)21-18(26)14-4-6-15(7-5-14)22-19(27)17-13(3)25(24-23-17)16-8-10-20-11-9-16/h4-7,12,16,20H,8-11H2,1-3H3,(H,21,26)(H,22,27). The van der Waals surface area contributed by atoms with Gasteiger partial charge in [-0.05, 0) is 71.0 Å². The van der Waals surface area contributed by atoms with Crippen LogP contribution in [-0.4, -0.2) is 45.9 Å². The molecule has 1 aliphatic rings. The minimum atomic E-state index is -0.299. The van der Waals surface area contributed by atoms with E-state index in [-0.39, 0.29) is 23.9 Å². The zero-order valence-corrected chi connectivity index (χ0v) is 16.0. The third-order valence-corrected chi connectivity index (χ3v) is 4.62. The minimum Gasteiger partial charge on any atom is -0.350 e. The molecule has 0 atom stereocenters. The van der Waals surface area contributed by atoms with Crippen molar-refractivity contribution in [1.29, 1.82) is 0 Å². The predicted molar refractivity (Wildman–Crippen MR) is 103 cm³/mol. The second-order valence-electron chi connectivity index (χ2n) is 7.11. The molecule has 1 aromatic heterocycles. The Labute approximate surface area is 158 Å². The third kappa shape index (κ3) is 4.51. The smallest absolute Gasteiger partial charge is 0.278 e. The van der Waals surface area contributed by atoms with E-state index in [2.05, 4.69) is 26.3 Å². The molecule has 2 aromatic rings. The molecule has 0 saturated carbocycles. The average molecular weight is 370 g/mol. The van der Waals surface area contributed by atoms with E-state index < -0.39 is 0 Å². The summed E-state index contributed by atoms with van der Waals surface area (Å²) in [5.74, 6) is -0.435. The number of hydrogen-bond acceptors (Lipinski definition) is 5. The van der Waals surface area contributed by atoms with E-state index in [1.54, 1.807) is 24.3 Å². The van der Waals surface area contributed by atoms with E-state index in [0.29, 0.717) is 16.9 Å². The van der Waals surface area contributed by atoms with Gasteiger partial charge in [0, 0.05) is 17.3 Å². The number of piperidine rings is 1. The number of carbonyl (C=O) groups excluding carboxylic acids is 2. The van der Waals surface area contributed by atoms with Gasteiger partial charge in [0.25, 0.3) is 11.8 Å². The van der Waals surface area contributed by atoms with E-state index in [1.807, 2.05) is 25.5 Å². The summed E-state index contributed by atoms with van der Waals surface area (Å²) < 4.78 is 1.86. The normalized spacial score (nSPS) is 15.0. The van der Waals surface area contributed by atoms with Crippen molar-refractivity contribution >= 4 is 17.5 Å². The lowest BCUT2D eigenvalue weighted by molar-refractivity contribution is 0.0942. The van der Waals surface area contributed by atoms with Crippen molar-refractivity contribution in [2.45, 2.75) is 45.7 Å². The molecule has 3 N–H and O–H groups in total. The van der Waals surface area contributed by atoms with E-state index >= 15 is 0 Å². The van der Waals surface area contributed by atoms with Gasteiger partial charge in [0.1, 0.15) is 0 Å². The first-order valence-corrected chi connectivity index (χ1v) is 9.30. The molecule has 2 heterocycles. The van der Waals surface area contributed by atoms with Gasteiger partial charge in [-0.1, -0.05) is 5.21 Å². The summed E-state index contributed by atoms with van der Waals surface area (Å²) in [7, 11) is 0. The number of nitrogens with zero attached hydrogens (tertiary/aromatic N) is 3. The number of amides is 2. The van der Waals surface area contributed by atoms with Crippen LogP contribution in [0.4, 0.5) is 5.69 Å². The van der Waals surface area contributed by atoms with Crippen LogP contribution in [0.25, 0.3) is 0 Å². The van der Waals surface area contributed by atoms with Crippen LogP contribution in [0.15, 0.2) is 24.3 Å². The molecule has 0 unspecified atom stereocenters. The first-order valence-electron chi connectivity index (χ1n) is 9.30. The summed E-state index contributed by atoms with van der Waals surface area (Å²) in [4.78, 5) is 24.6. The highest BCUT2D eigenvalue weighted by Gasteiger charge is 2.23. The molecule has 1 aliphatic heterocycles. The van der Waals surface area contributed by atoms with Crippen molar-refractivity contribution < 1.29 is 9.59 Å². The van der Waals surface area contributed by atoms with Gasteiger partial charge in [0.2, 0.25) is 0 Å². The fraction of sp³-hybridized carbons (Fsp3) is 0.474. The van der Waals surface area contributed by atoms with Crippen LogP contribution in [0, 0.1) is 6.92 Å². The third-order valence-electron chi connectivity index (χ3n) is 4.62. The highest BCUT2D eigenvalue weighted by atomic mass is 16.2. The molecule has 144 valence electrons. The molecule has 0 spiro atoms. The SMILES string of the molecule is Cc1c(C(=O)Nc2ccc(C(=O)NC(C)C)cc2)nnn1C1CCNCC1. The lowest BCUT2D eigenvalue weighted by Gasteiger charge is -2.23. The number of anilines is 1. The second kappa shape index (κ2) is 8.30. The average Bonchev–Trinajstić information content (AvgIpc) is 3.04. The lowest BCUT2D eigenvalue weighted by Crippen LogP contribution is -2.30. The molecule has 1 aromatic carbocycles. The summed E-state index contributed by atoms with van der Waals surface area (Å²) in [5.41, 5.74) is 2.26. The highest BCUT2D eigenvalue weighted by Crippen LogP contribution is 2.21. The Hall–Kier alpha value is -2.74. The summed E-state index contributed by atoms with van der Waals surface area (Å²) in [6, 6.07) is 7.14. The number of carbonyl (C=O) groups is 2. The number of rotatable bonds is 5. The molecule has 1 saturated heterocycles. The van der Waals surface area contributed by atoms with Crippen LogP contribution >= 0.6 is 0 Å². The second-order valence-corrected chi connectivity index (χ2v) is 7.11. The molecule has 2 amide bonds. The van der Waals surface area contributed by atoms with Crippen LogP contribution in [0.5, 0.6) is 0 Å². The number of benzene rings is 1. The fourth-order valence-electron chi connectivity index (χ4n) is 3.19. The number of hydrogen-bond donors (Lipinski definition) is 3. The van der Waals surface area contributed by atoms with E-state index in [4.69, 9.17) is 0 Å². The van der Waals surface area contributed by atoms with Gasteiger partial charge in [-0.15, -0.1) is 5.10 Å². The van der Waals surface area contributed by atoms with Gasteiger partial charge in [-0.25, -0.2) is 4.68 Å². The Balaban J connectivity index is 1.67. The van der Waals surface area contributed by atoms with Crippen LogP contribution < -0.4 is 16.0 Å². The monoisotopic (exact) mass is 370 g/mol. The summed E-state index contributed by atoms with van der Waals surface area (Å²) in [5, 5.41) is 17.3. The topological polar surface area (TPSA) is 101 Å². The Morgan fingerprint density at radius 3 is 2.44 bits per heavy atom. The Morgan fingerprint density at radius 2 is 1.81 bits per heavy atom. The zero-order chi connectivity index (χ0) is 19.4. The van der Waals surface area contributed by atoms with E-state index in [0.717, 1.165) is 31.6 Å². The Bertz CT molecular complexity index is 806. The molecular weight excluding hydrogens is 344 g/mol. The number of aromatic nitrogens is 3. The van der Waals surface area contributed by atoms with Gasteiger partial charge in [-0.3, -0.25) is 9.59 Å². The molecule has 1 fully saturated rings. The largest absolute Gasteiger partial charge is 0.350 e. The maximum atomic E-state index is 12.6. The maximum Gasteiger partial charge on any atom is 0.278 e. The van der Waals surface area contributed by atoms with E-state index in [9.17, 15) is 9.59 Å². The van der Waals surface area contributed by atoms with Gasteiger partial charge < -0.3 is 16.0 Å². The van der Waals surface area contributed by atoms with Crippen molar-refractivity contribution in [3.05, 3.63) is 41.2 Å². The molecule has 0 aliphatic carbocycles. The van der Waals surface area contributed by atoms with Gasteiger partial charge in [0.15, 0.2) is 5.69 Å². The Morgan fingerprint density at radius 1 is 1.15 bits per heavy atom. The van der Waals surface area contributed by atoms with Gasteiger partial charge in [-0.2, -0.15) is 0 Å². The molecule has 8 heteroatoms. The molecule has 0 radical (unpaired) electrons. The van der Waals surface area contributed by atoms with Crippen molar-refractivity contribution in [1.82, 2.24) is 25.6 Å². The Kier molecular flexibility index (Phi) is 5.85. The van der Waals surface area contributed by atoms with Crippen LogP contribution in [0.2, 0.25) is 0 Å². The summed E-state index contributed by atoms with van der Waals surface area (Å²) in [6.07, 6.45) is 1.95. The van der Waals surface area contributed by atoms with Crippen molar-refractivity contribution in [3.8, 4) is 0 Å². The van der Waals surface area contributed by atoms with Gasteiger partial charge in [0.05, 0.1) is 11.7 Å². The van der Waals surface area contributed by atoms with Crippen LogP contribution in [-0.2, 0) is 0 Å². The zero-order valence-electron chi connectivity index (χ0n) is 16.0. The molecule has 8 nitrogen and oxygen atoms in total. The molecule has 3 rings (SSSR count). The molecular formula is C19H26N6O2. The van der Waals surface area contributed by atoms with Crippen LogP contribution in [0.1, 0.15) is 59.3 Å². The number of nitrogens with one attached hydrogen (secondary N) is 3. The minimum absolute atomic E-state index is 0.0717. The summed E-state index contributed by atoms with van der Waals surface area (Å²) >= 11 is 0. The van der Waals surface area contributed by atoms with Crippen molar-refractivity contribution in [3.63, 3.8) is 0 Å². The maximum absolute atomic E-state index is 12.6. The van der Waals surface area contributed by atoms with Gasteiger partial charge >= 0.3 is 0 Å². The molecule has 27 heavy (non-hydrogen) atoms.